The summed E-state index contributed by atoms with van der Waals surface area (Å²) >= 11 is 2.72. The molecular formula is C2H4BrO. The van der Waals surface area contributed by atoms with Gasteiger partial charge in [0.2, 0.25) is 0 Å². The van der Waals surface area contributed by atoms with Crippen LogP contribution in [0.25, 0.3) is 0 Å². The van der Waals surface area contributed by atoms with Crippen molar-refractivity contribution >= 4 is 15.9 Å². The summed E-state index contributed by atoms with van der Waals surface area (Å²) in [6.07, 6.45) is 0. The summed E-state index contributed by atoms with van der Waals surface area (Å²) in [5, 5.41) is 7.26. The highest BCUT2D eigenvalue weighted by Crippen LogP contribution is 1.84. The minimum Gasteiger partial charge on any atom is -0.382 e. The average Bonchev–Trinajstić information content (AvgIpc) is 0.811. The first kappa shape index (κ1) is 4.44. The van der Waals surface area contributed by atoms with Crippen LogP contribution in [0, 0.1) is 6.92 Å². The summed E-state index contributed by atoms with van der Waals surface area (Å²) in [5.74, 6) is 0. The van der Waals surface area contributed by atoms with Crippen molar-refractivity contribution in [3.05, 3.63) is 6.92 Å². The van der Waals surface area contributed by atoms with E-state index in [1.165, 1.54) is 0 Å². The zero-order chi connectivity index (χ0) is 3.58. The van der Waals surface area contributed by atoms with E-state index in [9.17, 15) is 0 Å². The van der Waals surface area contributed by atoms with Crippen LogP contribution in [0.2, 0.25) is 0 Å². The Morgan fingerprint density at radius 3 is 2.00 bits per heavy atom. The standard InChI is InChI=1S/C2H4BrO/c1-2(3)4/h2,4H,1H2/t2-/m1/s1. The van der Waals surface area contributed by atoms with Gasteiger partial charge in [0.05, 0.1) is 0 Å². The number of hydrogen-bond acceptors (Lipinski definition) is 1. The molecule has 1 nitrogen and oxygen atoms in total. The fourth-order valence-corrected chi connectivity index (χ4v) is 0. The number of aliphatic hydroxyl groups excluding tert-OH is 1. The van der Waals surface area contributed by atoms with Gasteiger partial charge in [-0.1, -0.05) is 15.9 Å². The molecule has 0 aromatic rings. The largest absolute Gasteiger partial charge is 0.382 e. The number of alkyl halides is 1. The smallest absolute Gasteiger partial charge is 0.109 e. The van der Waals surface area contributed by atoms with E-state index in [0.717, 1.165) is 0 Å². The van der Waals surface area contributed by atoms with Gasteiger partial charge in [0.1, 0.15) is 5.01 Å². The highest BCUT2D eigenvalue weighted by molar-refractivity contribution is 9.09. The van der Waals surface area contributed by atoms with Crippen molar-refractivity contribution in [3.63, 3.8) is 0 Å². The maximum atomic E-state index is 7.86. The molecule has 0 bridgehead atoms. The van der Waals surface area contributed by atoms with Crippen molar-refractivity contribution in [2.75, 3.05) is 0 Å². The fraction of sp³-hybridized carbons (Fsp3) is 0.500. The molecule has 0 heterocycles. The Labute approximate surface area is 33.8 Å². The van der Waals surface area contributed by atoms with Gasteiger partial charge in [0.15, 0.2) is 0 Å². The van der Waals surface area contributed by atoms with E-state index in [4.69, 9.17) is 5.11 Å². The summed E-state index contributed by atoms with van der Waals surface area (Å²) in [4.78, 5) is 0. The topological polar surface area (TPSA) is 20.2 Å². The molecule has 1 N–H and O–H groups in total. The predicted molar refractivity (Wildman–Crippen MR) is 20.3 cm³/mol. The first-order valence-electron chi connectivity index (χ1n) is 0.885. The monoisotopic (exact) mass is 123 g/mol. The quantitative estimate of drug-likeness (QED) is 0.467. The second-order valence-electron chi connectivity index (χ2n) is 0.434. The SMILES string of the molecule is [CH2][C@@H](O)Br. The number of rotatable bonds is 0. The zero-order valence-electron chi connectivity index (χ0n) is 2.11. The first-order valence-corrected chi connectivity index (χ1v) is 1.80. The van der Waals surface area contributed by atoms with Crippen LogP contribution in [0.4, 0.5) is 0 Å². The fourth-order valence-electron chi connectivity index (χ4n) is 0. The molecule has 0 aliphatic rings. The van der Waals surface area contributed by atoms with Gasteiger partial charge in [0, 0.05) is 0 Å². The van der Waals surface area contributed by atoms with Crippen LogP contribution in [-0.4, -0.2) is 10.1 Å². The maximum absolute atomic E-state index is 7.86. The van der Waals surface area contributed by atoms with Gasteiger partial charge in [-0.2, -0.15) is 0 Å². The third-order valence-corrected chi connectivity index (χ3v) is 0. The molecule has 0 unspecified atom stereocenters. The van der Waals surface area contributed by atoms with Gasteiger partial charge < -0.3 is 5.11 Å². The number of aliphatic hydroxyl groups is 1. The summed E-state index contributed by atoms with van der Waals surface area (Å²) < 4.78 is 0. The molecule has 25 valence electrons. The van der Waals surface area contributed by atoms with Crippen molar-refractivity contribution in [2.45, 2.75) is 5.01 Å². The number of hydrogen-bond donors (Lipinski definition) is 1. The Balaban J connectivity index is 2.32. The zero-order valence-corrected chi connectivity index (χ0v) is 3.70. The summed E-state index contributed by atoms with van der Waals surface area (Å²) in [6, 6.07) is 0. The molecule has 4 heavy (non-hydrogen) atoms. The lowest BCUT2D eigenvalue weighted by Gasteiger charge is -1.77. The Hall–Kier alpha value is 0.440. The minimum atomic E-state index is -0.604. The lowest BCUT2D eigenvalue weighted by Crippen LogP contribution is -1.79. The molecule has 0 aliphatic heterocycles. The van der Waals surface area contributed by atoms with Gasteiger partial charge in [-0.25, -0.2) is 0 Å². The number of halogens is 1. The maximum Gasteiger partial charge on any atom is 0.109 e. The van der Waals surface area contributed by atoms with Crippen molar-refractivity contribution < 1.29 is 5.11 Å². The van der Waals surface area contributed by atoms with Gasteiger partial charge in [-0.15, -0.1) is 0 Å². The van der Waals surface area contributed by atoms with Gasteiger partial charge in [-0.05, 0) is 6.92 Å². The molecule has 0 saturated carbocycles. The van der Waals surface area contributed by atoms with Crippen molar-refractivity contribution in [3.8, 4) is 0 Å². The van der Waals surface area contributed by atoms with Crippen LogP contribution < -0.4 is 0 Å². The summed E-state index contributed by atoms with van der Waals surface area (Å²) in [5.41, 5.74) is 0. The van der Waals surface area contributed by atoms with E-state index in [2.05, 4.69) is 22.9 Å². The molecule has 0 spiro atoms. The van der Waals surface area contributed by atoms with E-state index < -0.39 is 5.01 Å². The lowest BCUT2D eigenvalue weighted by molar-refractivity contribution is 0.314. The minimum absolute atomic E-state index is 0.604. The van der Waals surface area contributed by atoms with Crippen molar-refractivity contribution in [1.82, 2.24) is 0 Å². The van der Waals surface area contributed by atoms with Crippen LogP contribution in [-0.2, 0) is 0 Å². The molecule has 0 rings (SSSR count). The van der Waals surface area contributed by atoms with E-state index in [-0.39, 0.29) is 0 Å². The first-order chi connectivity index (χ1) is 1.73. The van der Waals surface area contributed by atoms with E-state index in [1.807, 2.05) is 0 Å². The average molecular weight is 124 g/mol. The van der Waals surface area contributed by atoms with Gasteiger partial charge in [0.25, 0.3) is 0 Å². The van der Waals surface area contributed by atoms with Crippen LogP contribution in [0.1, 0.15) is 0 Å². The third kappa shape index (κ3) is 26.1. The Bertz CT molecular complexity index is 10.8. The molecule has 1 radical (unpaired) electrons. The van der Waals surface area contributed by atoms with E-state index >= 15 is 0 Å². The van der Waals surface area contributed by atoms with Gasteiger partial charge >= 0.3 is 0 Å². The highest BCUT2D eigenvalue weighted by atomic mass is 79.9. The molecule has 1 atom stereocenters. The van der Waals surface area contributed by atoms with Crippen molar-refractivity contribution in [1.29, 1.82) is 0 Å². The van der Waals surface area contributed by atoms with Crippen LogP contribution in [0.3, 0.4) is 0 Å². The molecule has 0 fully saturated rings. The van der Waals surface area contributed by atoms with E-state index in [0.29, 0.717) is 0 Å². The van der Waals surface area contributed by atoms with Crippen molar-refractivity contribution in [2.24, 2.45) is 0 Å². The van der Waals surface area contributed by atoms with Crippen LogP contribution in [0.15, 0.2) is 0 Å². The van der Waals surface area contributed by atoms with E-state index in [1.54, 1.807) is 0 Å². The Morgan fingerprint density at radius 2 is 2.00 bits per heavy atom. The lowest BCUT2D eigenvalue weighted by atomic mass is 10.9. The molecule has 2 heteroatoms. The third-order valence-electron chi connectivity index (χ3n) is 0. The highest BCUT2D eigenvalue weighted by Gasteiger charge is 1.72. The summed E-state index contributed by atoms with van der Waals surface area (Å²) in [6.45, 7) is 3.11. The normalized spacial score (nSPS) is 15.8. The molecule has 0 aliphatic carbocycles. The molecule has 0 aromatic heterocycles. The Morgan fingerprint density at radius 1 is 2.00 bits per heavy atom. The molecular weight excluding hydrogens is 120 g/mol. The van der Waals surface area contributed by atoms with Gasteiger partial charge in [-0.3, -0.25) is 0 Å². The second kappa shape index (κ2) is 1.73. The molecule has 0 amide bonds. The molecule has 0 saturated heterocycles. The second-order valence-corrected chi connectivity index (χ2v) is 1.49. The Kier molecular flexibility index (Phi) is 1.92. The van der Waals surface area contributed by atoms with Crippen LogP contribution in [0.5, 0.6) is 0 Å². The van der Waals surface area contributed by atoms with Crippen LogP contribution >= 0.6 is 15.9 Å². The molecule has 0 aromatic carbocycles. The summed E-state index contributed by atoms with van der Waals surface area (Å²) in [7, 11) is 0. The predicted octanol–water partition coefficient (Wildman–Crippen LogP) is 0.534.